The first kappa shape index (κ1) is 11.9. The van der Waals surface area contributed by atoms with Crippen molar-refractivity contribution in [2.24, 2.45) is 10.8 Å². The van der Waals surface area contributed by atoms with E-state index in [4.69, 9.17) is 0 Å². The molecule has 0 aromatic carbocycles. The number of halogens is 1. The summed E-state index contributed by atoms with van der Waals surface area (Å²) in [5, 5.41) is 3.53. The number of hydrogen-bond donors (Lipinski definition) is 1. The van der Waals surface area contributed by atoms with E-state index >= 15 is 0 Å². The molecule has 0 saturated heterocycles. The van der Waals surface area contributed by atoms with Crippen LogP contribution in [-0.2, 0) is 0 Å². The second-order valence-corrected chi connectivity index (χ2v) is 6.64. The van der Waals surface area contributed by atoms with Gasteiger partial charge in [0.25, 0.3) is 0 Å². The summed E-state index contributed by atoms with van der Waals surface area (Å²) in [7, 11) is 0. The normalized spacial score (nSPS) is 21.9. The number of rotatable bonds is 2. The second kappa shape index (κ2) is 3.46. The minimum Gasteiger partial charge on any atom is -0.366 e. The lowest BCUT2D eigenvalue weighted by atomic mass is 10.0. The lowest BCUT2D eigenvalue weighted by Crippen LogP contribution is -2.11. The SMILES string of the molecule is Cc1nc(NC2C(C)(C)C2(C)C)ccc1Br. The Balaban J connectivity index is 2.15. The maximum absolute atomic E-state index is 4.53. The highest BCUT2D eigenvalue weighted by Gasteiger charge is 2.65. The van der Waals surface area contributed by atoms with Gasteiger partial charge < -0.3 is 5.32 Å². The fourth-order valence-electron chi connectivity index (χ4n) is 2.33. The maximum atomic E-state index is 4.53. The van der Waals surface area contributed by atoms with Crippen LogP contribution in [0.4, 0.5) is 5.82 Å². The fraction of sp³-hybridized carbons (Fsp3) is 0.615. The van der Waals surface area contributed by atoms with Crippen LogP contribution in [0.3, 0.4) is 0 Å². The third-order valence-electron chi connectivity index (χ3n) is 4.33. The highest BCUT2D eigenvalue weighted by atomic mass is 79.9. The van der Waals surface area contributed by atoms with E-state index in [0.717, 1.165) is 16.0 Å². The van der Waals surface area contributed by atoms with Gasteiger partial charge in [-0.05, 0) is 45.8 Å². The van der Waals surface area contributed by atoms with Crippen molar-refractivity contribution in [2.75, 3.05) is 5.32 Å². The first-order chi connectivity index (χ1) is 7.26. The molecule has 1 aromatic heterocycles. The van der Waals surface area contributed by atoms with Crippen LogP contribution < -0.4 is 5.32 Å². The lowest BCUT2D eigenvalue weighted by Gasteiger charge is -2.08. The zero-order valence-corrected chi connectivity index (χ0v) is 12.1. The van der Waals surface area contributed by atoms with Crippen LogP contribution in [0.1, 0.15) is 33.4 Å². The molecule has 1 saturated carbocycles. The van der Waals surface area contributed by atoms with E-state index in [1.807, 2.05) is 19.1 Å². The van der Waals surface area contributed by atoms with Crippen molar-refractivity contribution >= 4 is 21.7 Å². The molecule has 0 unspecified atom stereocenters. The van der Waals surface area contributed by atoms with E-state index < -0.39 is 0 Å². The largest absolute Gasteiger partial charge is 0.366 e. The smallest absolute Gasteiger partial charge is 0.126 e. The molecule has 1 aliphatic carbocycles. The van der Waals surface area contributed by atoms with Gasteiger partial charge in [0.05, 0.1) is 5.69 Å². The van der Waals surface area contributed by atoms with Gasteiger partial charge in [-0.15, -0.1) is 0 Å². The average Bonchev–Trinajstić information content (AvgIpc) is 2.54. The molecule has 1 heterocycles. The summed E-state index contributed by atoms with van der Waals surface area (Å²) in [6.07, 6.45) is 0. The second-order valence-electron chi connectivity index (χ2n) is 5.78. The van der Waals surface area contributed by atoms with Crippen LogP contribution in [0.5, 0.6) is 0 Å². The first-order valence-electron chi connectivity index (χ1n) is 5.66. The quantitative estimate of drug-likeness (QED) is 0.887. The molecule has 3 heteroatoms. The Bertz CT molecular complexity index is 410. The van der Waals surface area contributed by atoms with Crippen LogP contribution in [0.2, 0.25) is 0 Å². The number of nitrogens with zero attached hydrogens (tertiary/aromatic N) is 1. The molecule has 88 valence electrons. The van der Waals surface area contributed by atoms with E-state index in [1.165, 1.54) is 0 Å². The molecule has 0 aliphatic heterocycles. The molecule has 0 spiro atoms. The number of nitrogens with one attached hydrogen (secondary N) is 1. The van der Waals surface area contributed by atoms with E-state index in [-0.39, 0.29) is 0 Å². The van der Waals surface area contributed by atoms with E-state index in [0.29, 0.717) is 16.9 Å². The summed E-state index contributed by atoms with van der Waals surface area (Å²) < 4.78 is 1.06. The molecular weight excluding hydrogens is 264 g/mol. The van der Waals surface area contributed by atoms with E-state index in [2.05, 4.69) is 53.9 Å². The number of aryl methyl sites for hydroxylation is 1. The van der Waals surface area contributed by atoms with Crippen molar-refractivity contribution in [1.82, 2.24) is 4.98 Å². The van der Waals surface area contributed by atoms with Crippen molar-refractivity contribution in [3.63, 3.8) is 0 Å². The predicted molar refractivity (Wildman–Crippen MR) is 71.6 cm³/mol. The summed E-state index contributed by atoms with van der Waals surface area (Å²) in [6.45, 7) is 11.2. The zero-order valence-electron chi connectivity index (χ0n) is 10.6. The summed E-state index contributed by atoms with van der Waals surface area (Å²) in [4.78, 5) is 4.53. The Kier molecular flexibility index (Phi) is 2.57. The summed E-state index contributed by atoms with van der Waals surface area (Å²) in [6, 6.07) is 4.59. The average molecular weight is 283 g/mol. The molecule has 0 atom stereocenters. The van der Waals surface area contributed by atoms with Gasteiger partial charge in [0.15, 0.2) is 0 Å². The molecule has 2 rings (SSSR count). The highest BCUT2D eigenvalue weighted by Crippen LogP contribution is 2.63. The number of hydrogen-bond acceptors (Lipinski definition) is 2. The van der Waals surface area contributed by atoms with Gasteiger partial charge in [-0.3, -0.25) is 0 Å². The van der Waals surface area contributed by atoms with Gasteiger partial charge in [0.1, 0.15) is 5.82 Å². The van der Waals surface area contributed by atoms with E-state index in [1.54, 1.807) is 0 Å². The molecular formula is C13H19BrN2. The molecule has 0 radical (unpaired) electrons. The first-order valence-corrected chi connectivity index (χ1v) is 6.46. The standard InChI is InChI=1S/C13H19BrN2/c1-8-9(14)6-7-10(15-8)16-11-12(2,3)13(11,4)5/h6-7,11H,1-5H3,(H,15,16). The maximum Gasteiger partial charge on any atom is 0.126 e. The van der Waals surface area contributed by atoms with Gasteiger partial charge in [0.2, 0.25) is 0 Å². The minimum absolute atomic E-state index is 0.343. The lowest BCUT2D eigenvalue weighted by molar-refractivity contribution is 0.457. The number of pyridine rings is 1. The molecule has 1 aromatic rings. The Morgan fingerprint density at radius 1 is 1.19 bits per heavy atom. The van der Waals surface area contributed by atoms with Crippen LogP contribution in [-0.4, -0.2) is 11.0 Å². The Morgan fingerprint density at radius 3 is 2.19 bits per heavy atom. The van der Waals surface area contributed by atoms with Gasteiger partial charge in [0, 0.05) is 10.5 Å². The van der Waals surface area contributed by atoms with Gasteiger partial charge in [-0.1, -0.05) is 27.7 Å². The summed E-state index contributed by atoms with van der Waals surface area (Å²) in [5.74, 6) is 0.976. The monoisotopic (exact) mass is 282 g/mol. The molecule has 2 nitrogen and oxygen atoms in total. The molecule has 0 amide bonds. The van der Waals surface area contributed by atoms with Crippen LogP contribution in [0.15, 0.2) is 16.6 Å². The van der Waals surface area contributed by atoms with Crippen molar-refractivity contribution in [2.45, 2.75) is 40.7 Å². The molecule has 1 fully saturated rings. The molecule has 0 bridgehead atoms. The van der Waals surface area contributed by atoms with Crippen LogP contribution in [0.25, 0.3) is 0 Å². The van der Waals surface area contributed by atoms with E-state index in [9.17, 15) is 0 Å². The summed E-state index contributed by atoms with van der Waals surface area (Å²) >= 11 is 3.47. The van der Waals surface area contributed by atoms with Gasteiger partial charge in [-0.2, -0.15) is 0 Å². The van der Waals surface area contributed by atoms with Gasteiger partial charge in [-0.25, -0.2) is 4.98 Å². The van der Waals surface area contributed by atoms with Crippen molar-refractivity contribution in [1.29, 1.82) is 0 Å². The van der Waals surface area contributed by atoms with Crippen LogP contribution >= 0.6 is 15.9 Å². The number of aromatic nitrogens is 1. The fourth-order valence-corrected chi connectivity index (χ4v) is 2.55. The van der Waals surface area contributed by atoms with Crippen molar-refractivity contribution in [3.8, 4) is 0 Å². The Hall–Kier alpha value is -0.570. The zero-order chi connectivity index (χ0) is 12.1. The van der Waals surface area contributed by atoms with Crippen molar-refractivity contribution in [3.05, 3.63) is 22.3 Å². The molecule has 16 heavy (non-hydrogen) atoms. The predicted octanol–water partition coefficient (Wildman–Crippen LogP) is 4.00. The van der Waals surface area contributed by atoms with Gasteiger partial charge >= 0.3 is 0 Å². The molecule has 1 N–H and O–H groups in total. The summed E-state index contributed by atoms with van der Waals surface area (Å²) in [5.41, 5.74) is 1.71. The highest BCUT2D eigenvalue weighted by molar-refractivity contribution is 9.10. The third-order valence-corrected chi connectivity index (χ3v) is 5.17. The molecule has 1 aliphatic rings. The van der Waals surface area contributed by atoms with Crippen LogP contribution in [0, 0.1) is 17.8 Å². The third kappa shape index (κ3) is 1.65. The minimum atomic E-state index is 0.343. The number of anilines is 1. The Morgan fingerprint density at radius 2 is 1.75 bits per heavy atom. The topological polar surface area (TPSA) is 24.9 Å². The Labute approximate surface area is 106 Å². The van der Waals surface area contributed by atoms with Crippen molar-refractivity contribution < 1.29 is 0 Å².